The molecule has 0 bridgehead atoms. The lowest BCUT2D eigenvalue weighted by atomic mass is 10.0. The molecule has 1 aromatic carbocycles. The molecular formula is C13H18N2O3. The molecule has 1 amide bonds. The predicted octanol–water partition coefficient (Wildman–Crippen LogP) is 1.35. The van der Waals surface area contributed by atoms with Crippen molar-refractivity contribution in [1.82, 2.24) is 4.90 Å². The lowest BCUT2D eigenvalue weighted by Crippen LogP contribution is -2.31. The van der Waals surface area contributed by atoms with Crippen molar-refractivity contribution in [2.24, 2.45) is 0 Å². The van der Waals surface area contributed by atoms with E-state index in [-0.39, 0.29) is 24.3 Å². The minimum Gasteiger partial charge on any atom is -0.469 e. The average Bonchev–Trinajstić information content (AvgIpc) is 2.36. The molecule has 1 atom stereocenters. The molecule has 0 radical (unpaired) electrons. The molecule has 0 saturated carbocycles. The van der Waals surface area contributed by atoms with Gasteiger partial charge in [-0.2, -0.15) is 0 Å². The summed E-state index contributed by atoms with van der Waals surface area (Å²) in [6.45, 7) is 1.46. The van der Waals surface area contributed by atoms with Crippen LogP contribution >= 0.6 is 0 Å². The normalized spacial score (nSPS) is 11.7. The first kappa shape index (κ1) is 14.0. The number of carbonyl (C=O) groups excluding carboxylic acids is 2. The van der Waals surface area contributed by atoms with Gasteiger partial charge in [0.1, 0.15) is 0 Å². The molecule has 0 unspecified atom stereocenters. The molecule has 1 aromatic rings. The standard InChI is InChI=1S/C13H18N2O3/c1-9(16)15(2)12(8-13(17)18-3)10-4-6-11(14)7-5-10/h4-7,12H,8,14H2,1-3H3/t12-/m1/s1. The van der Waals surface area contributed by atoms with E-state index in [0.717, 1.165) is 5.56 Å². The maximum Gasteiger partial charge on any atom is 0.307 e. The van der Waals surface area contributed by atoms with Gasteiger partial charge < -0.3 is 15.4 Å². The van der Waals surface area contributed by atoms with Crippen LogP contribution < -0.4 is 5.73 Å². The molecule has 5 heteroatoms. The van der Waals surface area contributed by atoms with Gasteiger partial charge >= 0.3 is 5.97 Å². The van der Waals surface area contributed by atoms with Crippen LogP contribution in [-0.4, -0.2) is 30.9 Å². The number of nitrogens with two attached hydrogens (primary N) is 1. The van der Waals surface area contributed by atoms with Crippen molar-refractivity contribution in [3.63, 3.8) is 0 Å². The number of hydrogen-bond acceptors (Lipinski definition) is 4. The summed E-state index contributed by atoms with van der Waals surface area (Å²) in [5.74, 6) is -0.467. The molecule has 5 nitrogen and oxygen atoms in total. The zero-order chi connectivity index (χ0) is 13.7. The minimum atomic E-state index is -0.357. The van der Waals surface area contributed by atoms with Crippen LogP contribution in [0.25, 0.3) is 0 Å². The summed E-state index contributed by atoms with van der Waals surface area (Å²) in [7, 11) is 2.99. The van der Waals surface area contributed by atoms with Crippen molar-refractivity contribution in [3.05, 3.63) is 29.8 Å². The Kier molecular flexibility index (Phi) is 4.71. The van der Waals surface area contributed by atoms with E-state index < -0.39 is 0 Å². The molecule has 0 aliphatic carbocycles. The van der Waals surface area contributed by atoms with Crippen molar-refractivity contribution < 1.29 is 14.3 Å². The summed E-state index contributed by atoms with van der Waals surface area (Å²) >= 11 is 0. The zero-order valence-electron chi connectivity index (χ0n) is 10.8. The maximum atomic E-state index is 11.4. The van der Waals surface area contributed by atoms with Gasteiger partial charge in [-0.15, -0.1) is 0 Å². The Morgan fingerprint density at radius 2 is 1.89 bits per heavy atom. The number of nitrogen functional groups attached to an aromatic ring is 1. The quantitative estimate of drug-likeness (QED) is 0.646. The van der Waals surface area contributed by atoms with Gasteiger partial charge in [-0.3, -0.25) is 9.59 Å². The fourth-order valence-corrected chi connectivity index (χ4v) is 1.66. The van der Waals surface area contributed by atoms with Crippen molar-refractivity contribution in [1.29, 1.82) is 0 Å². The number of nitrogens with zero attached hydrogens (tertiary/aromatic N) is 1. The second kappa shape index (κ2) is 6.05. The smallest absolute Gasteiger partial charge is 0.307 e. The van der Waals surface area contributed by atoms with Gasteiger partial charge in [0.05, 0.1) is 19.6 Å². The molecule has 2 N–H and O–H groups in total. The highest BCUT2D eigenvalue weighted by Crippen LogP contribution is 2.24. The molecule has 0 saturated heterocycles. The van der Waals surface area contributed by atoms with E-state index in [1.807, 2.05) is 12.1 Å². The number of ether oxygens (including phenoxy) is 1. The van der Waals surface area contributed by atoms with E-state index in [1.54, 1.807) is 19.2 Å². The Morgan fingerprint density at radius 3 is 2.33 bits per heavy atom. The van der Waals surface area contributed by atoms with Crippen molar-refractivity contribution in [3.8, 4) is 0 Å². The summed E-state index contributed by atoms with van der Waals surface area (Å²) < 4.78 is 4.65. The van der Waals surface area contributed by atoms with E-state index >= 15 is 0 Å². The molecule has 0 aromatic heterocycles. The molecule has 0 aliphatic rings. The van der Waals surface area contributed by atoms with Gasteiger partial charge in [-0.1, -0.05) is 12.1 Å². The Labute approximate surface area is 107 Å². The van der Waals surface area contributed by atoms with Gasteiger partial charge in [0, 0.05) is 19.7 Å². The van der Waals surface area contributed by atoms with E-state index in [2.05, 4.69) is 4.74 Å². The SMILES string of the molecule is COC(=O)C[C@H](c1ccc(N)cc1)N(C)C(C)=O. The molecule has 0 heterocycles. The maximum absolute atomic E-state index is 11.4. The summed E-state index contributed by atoms with van der Waals surface area (Å²) in [6.07, 6.45) is 0.122. The third-order valence-corrected chi connectivity index (χ3v) is 2.87. The van der Waals surface area contributed by atoms with Gasteiger partial charge in [0.2, 0.25) is 5.91 Å². The Bertz CT molecular complexity index is 428. The Morgan fingerprint density at radius 1 is 1.33 bits per heavy atom. The van der Waals surface area contributed by atoms with Gasteiger partial charge in [0.15, 0.2) is 0 Å². The summed E-state index contributed by atoms with van der Waals surface area (Å²) in [5.41, 5.74) is 7.11. The molecular weight excluding hydrogens is 232 g/mol. The van der Waals surface area contributed by atoms with E-state index in [1.165, 1.54) is 18.9 Å². The first-order valence-electron chi connectivity index (χ1n) is 5.61. The third-order valence-electron chi connectivity index (χ3n) is 2.87. The number of benzene rings is 1. The first-order chi connectivity index (χ1) is 8.45. The number of methoxy groups -OCH3 is 1. The molecule has 18 heavy (non-hydrogen) atoms. The van der Waals surface area contributed by atoms with Crippen molar-refractivity contribution in [2.45, 2.75) is 19.4 Å². The van der Waals surface area contributed by atoms with Gasteiger partial charge in [-0.05, 0) is 17.7 Å². The van der Waals surface area contributed by atoms with Crippen LogP contribution in [0.2, 0.25) is 0 Å². The predicted molar refractivity (Wildman–Crippen MR) is 68.7 cm³/mol. The second-order valence-electron chi connectivity index (χ2n) is 4.09. The molecule has 0 spiro atoms. The topological polar surface area (TPSA) is 72.6 Å². The highest BCUT2D eigenvalue weighted by atomic mass is 16.5. The zero-order valence-corrected chi connectivity index (χ0v) is 10.8. The average molecular weight is 250 g/mol. The molecule has 0 fully saturated rings. The monoisotopic (exact) mass is 250 g/mol. The summed E-state index contributed by atoms with van der Waals surface area (Å²) in [6, 6.07) is 6.77. The van der Waals surface area contributed by atoms with Crippen LogP contribution in [-0.2, 0) is 14.3 Å². The van der Waals surface area contributed by atoms with Crippen LogP contribution in [0.1, 0.15) is 24.9 Å². The van der Waals surface area contributed by atoms with Crippen LogP contribution in [0.15, 0.2) is 24.3 Å². The largest absolute Gasteiger partial charge is 0.469 e. The van der Waals surface area contributed by atoms with Crippen LogP contribution in [0.3, 0.4) is 0 Å². The fraction of sp³-hybridized carbons (Fsp3) is 0.385. The van der Waals surface area contributed by atoms with E-state index in [4.69, 9.17) is 5.73 Å². The number of esters is 1. The van der Waals surface area contributed by atoms with Crippen LogP contribution in [0, 0.1) is 0 Å². The third kappa shape index (κ3) is 3.48. The first-order valence-corrected chi connectivity index (χ1v) is 5.61. The Balaban J connectivity index is 2.99. The second-order valence-corrected chi connectivity index (χ2v) is 4.09. The highest BCUT2D eigenvalue weighted by molar-refractivity contribution is 5.76. The number of amides is 1. The minimum absolute atomic E-state index is 0.110. The van der Waals surface area contributed by atoms with Crippen molar-refractivity contribution >= 4 is 17.6 Å². The van der Waals surface area contributed by atoms with E-state index in [9.17, 15) is 9.59 Å². The van der Waals surface area contributed by atoms with Crippen LogP contribution in [0.5, 0.6) is 0 Å². The molecule has 0 aliphatic heterocycles. The number of anilines is 1. The molecule has 1 rings (SSSR count). The lowest BCUT2D eigenvalue weighted by Gasteiger charge is -2.26. The fourth-order valence-electron chi connectivity index (χ4n) is 1.66. The number of carbonyl (C=O) groups is 2. The summed E-state index contributed by atoms with van der Waals surface area (Å²) in [4.78, 5) is 24.4. The highest BCUT2D eigenvalue weighted by Gasteiger charge is 2.22. The van der Waals surface area contributed by atoms with E-state index in [0.29, 0.717) is 5.69 Å². The Hall–Kier alpha value is -2.04. The van der Waals surface area contributed by atoms with Crippen LogP contribution in [0.4, 0.5) is 5.69 Å². The summed E-state index contributed by atoms with van der Waals surface area (Å²) in [5, 5.41) is 0. The van der Waals surface area contributed by atoms with Gasteiger partial charge in [-0.25, -0.2) is 0 Å². The number of rotatable bonds is 4. The van der Waals surface area contributed by atoms with Gasteiger partial charge in [0.25, 0.3) is 0 Å². The van der Waals surface area contributed by atoms with Crippen molar-refractivity contribution in [2.75, 3.05) is 19.9 Å². The molecule has 98 valence electrons. The number of hydrogen-bond donors (Lipinski definition) is 1. The lowest BCUT2D eigenvalue weighted by molar-refractivity contribution is -0.143.